The van der Waals surface area contributed by atoms with Crippen LogP contribution in [0.4, 0.5) is 10.2 Å². The van der Waals surface area contributed by atoms with Crippen LogP contribution in [0.25, 0.3) is 0 Å². The standard InChI is InChI=1S/C18H16Cl2FN5O3S2.C7H8O3S/c19-9-1-2-14(10(3-9)11-6-24-25-18(11)22)29-15-5-13(21)16(4-12(15)20)31(27,28)26-17-7-30-8-23-17;1-6-2-4-7(5-3-6)11(8,9)10/h1-5,7-8,11,18,24-26H,6,22H2;2-5H,1H3,(H,8,9,10). The molecule has 0 radical (unpaired) electrons. The molecule has 2 unspecified atom stereocenters. The molecule has 0 spiro atoms. The second-order valence-corrected chi connectivity index (χ2v) is 13.6. The lowest BCUT2D eigenvalue weighted by Gasteiger charge is -2.19. The quantitative estimate of drug-likeness (QED) is 0.170. The number of benzene rings is 3. The molecule has 5 rings (SSSR count). The third-order valence-corrected chi connectivity index (χ3v) is 9.24. The Bertz CT molecular complexity index is 1780. The van der Waals surface area contributed by atoms with Crippen molar-refractivity contribution in [3.05, 3.63) is 92.5 Å². The number of ether oxygens (including phenoxy) is 1. The molecule has 224 valence electrons. The van der Waals surface area contributed by atoms with Crippen molar-refractivity contribution < 1.29 is 30.5 Å². The minimum atomic E-state index is -4.23. The fourth-order valence-electron chi connectivity index (χ4n) is 3.80. The molecule has 0 amide bonds. The summed E-state index contributed by atoms with van der Waals surface area (Å²) in [6, 6.07) is 12.8. The lowest BCUT2D eigenvalue weighted by atomic mass is 9.97. The molecule has 6 N–H and O–H groups in total. The SMILES string of the molecule is Cc1ccc(S(=O)(=O)O)cc1.NC1NNCC1c1cc(Cl)ccc1Oc1cc(F)c(S(=O)(=O)Nc2cscn2)cc1Cl. The van der Waals surface area contributed by atoms with Gasteiger partial charge in [0, 0.05) is 34.5 Å². The van der Waals surface area contributed by atoms with Crippen molar-refractivity contribution in [1.82, 2.24) is 15.8 Å². The maximum absolute atomic E-state index is 14.7. The number of nitrogens with one attached hydrogen (secondary N) is 3. The third kappa shape index (κ3) is 7.94. The van der Waals surface area contributed by atoms with E-state index >= 15 is 0 Å². The molecule has 0 saturated carbocycles. The average molecular weight is 677 g/mol. The summed E-state index contributed by atoms with van der Waals surface area (Å²) in [6.45, 7) is 2.37. The minimum Gasteiger partial charge on any atom is -0.455 e. The Balaban J connectivity index is 0.000000310. The molecular weight excluding hydrogens is 652 g/mol. The topological polar surface area (TPSA) is 173 Å². The molecule has 2 heterocycles. The average Bonchev–Trinajstić information content (AvgIpc) is 3.58. The molecule has 0 aliphatic carbocycles. The zero-order valence-corrected chi connectivity index (χ0v) is 25.5. The van der Waals surface area contributed by atoms with E-state index in [4.69, 9.17) is 38.2 Å². The molecule has 1 saturated heterocycles. The van der Waals surface area contributed by atoms with Crippen LogP contribution in [-0.2, 0) is 20.1 Å². The lowest BCUT2D eigenvalue weighted by molar-refractivity contribution is 0.457. The van der Waals surface area contributed by atoms with E-state index in [-0.39, 0.29) is 27.4 Å². The molecule has 1 aromatic heterocycles. The highest BCUT2D eigenvalue weighted by atomic mass is 35.5. The van der Waals surface area contributed by atoms with E-state index in [9.17, 15) is 21.2 Å². The van der Waals surface area contributed by atoms with E-state index in [1.165, 1.54) is 34.4 Å². The normalized spacial score (nSPS) is 16.9. The van der Waals surface area contributed by atoms with Gasteiger partial charge in [0.15, 0.2) is 5.82 Å². The molecule has 17 heteroatoms. The summed E-state index contributed by atoms with van der Waals surface area (Å²) in [5.74, 6) is -0.796. The van der Waals surface area contributed by atoms with Crippen molar-refractivity contribution in [1.29, 1.82) is 0 Å². The molecule has 1 aliphatic rings. The molecule has 2 atom stereocenters. The molecule has 4 aromatic rings. The zero-order valence-electron chi connectivity index (χ0n) is 21.6. The van der Waals surface area contributed by atoms with Crippen molar-refractivity contribution in [3.8, 4) is 11.5 Å². The van der Waals surface area contributed by atoms with Crippen LogP contribution in [0.15, 0.2) is 75.3 Å². The Morgan fingerprint density at radius 2 is 1.81 bits per heavy atom. The van der Waals surface area contributed by atoms with Crippen LogP contribution in [-0.4, -0.2) is 39.1 Å². The number of rotatable bonds is 7. The summed E-state index contributed by atoms with van der Waals surface area (Å²) in [5.41, 5.74) is 15.0. The third-order valence-electron chi connectivity index (χ3n) is 5.88. The van der Waals surface area contributed by atoms with E-state index in [1.54, 1.807) is 30.3 Å². The number of nitrogens with two attached hydrogens (primary N) is 1. The van der Waals surface area contributed by atoms with Gasteiger partial charge < -0.3 is 10.5 Å². The van der Waals surface area contributed by atoms with Gasteiger partial charge in [-0.1, -0.05) is 40.9 Å². The number of thiazole rings is 1. The van der Waals surface area contributed by atoms with Gasteiger partial charge in [0.25, 0.3) is 20.1 Å². The van der Waals surface area contributed by atoms with E-state index in [0.717, 1.165) is 17.7 Å². The van der Waals surface area contributed by atoms with Gasteiger partial charge in [0.2, 0.25) is 0 Å². The van der Waals surface area contributed by atoms with Crippen LogP contribution in [0.3, 0.4) is 0 Å². The Morgan fingerprint density at radius 1 is 1.10 bits per heavy atom. The first-order chi connectivity index (χ1) is 19.7. The summed E-state index contributed by atoms with van der Waals surface area (Å²) in [4.78, 5) is 3.14. The van der Waals surface area contributed by atoms with Crippen molar-refractivity contribution in [2.75, 3.05) is 11.3 Å². The van der Waals surface area contributed by atoms with Gasteiger partial charge in [-0.05, 0) is 43.3 Å². The van der Waals surface area contributed by atoms with Gasteiger partial charge in [-0.15, -0.1) is 11.3 Å². The van der Waals surface area contributed by atoms with Gasteiger partial charge in [-0.3, -0.25) is 14.7 Å². The number of anilines is 1. The van der Waals surface area contributed by atoms with Crippen molar-refractivity contribution in [2.24, 2.45) is 5.73 Å². The van der Waals surface area contributed by atoms with Gasteiger partial charge in [-0.2, -0.15) is 8.42 Å². The van der Waals surface area contributed by atoms with E-state index in [0.29, 0.717) is 22.9 Å². The Kier molecular flexibility index (Phi) is 10.1. The largest absolute Gasteiger partial charge is 0.455 e. The fraction of sp³-hybridized carbons (Fsp3) is 0.160. The van der Waals surface area contributed by atoms with Crippen LogP contribution in [0, 0.1) is 12.7 Å². The maximum Gasteiger partial charge on any atom is 0.294 e. The van der Waals surface area contributed by atoms with Crippen LogP contribution >= 0.6 is 34.5 Å². The second kappa shape index (κ2) is 13.2. The summed E-state index contributed by atoms with van der Waals surface area (Å²) in [5, 5.41) is 1.87. The molecule has 42 heavy (non-hydrogen) atoms. The molecule has 0 bridgehead atoms. The summed E-state index contributed by atoms with van der Waals surface area (Å²) in [6.07, 6.45) is -0.391. The van der Waals surface area contributed by atoms with Gasteiger partial charge in [0.1, 0.15) is 22.2 Å². The monoisotopic (exact) mass is 675 g/mol. The predicted molar refractivity (Wildman–Crippen MR) is 159 cm³/mol. The highest BCUT2D eigenvalue weighted by molar-refractivity contribution is 7.92. The summed E-state index contributed by atoms with van der Waals surface area (Å²) < 4.78 is 77.4. The molecule has 1 fully saturated rings. The fourth-order valence-corrected chi connectivity index (χ4v) is 6.37. The van der Waals surface area contributed by atoms with Crippen LogP contribution < -0.4 is 26.0 Å². The number of sulfonamides is 1. The number of nitrogens with zero attached hydrogens (tertiary/aromatic N) is 1. The summed E-state index contributed by atoms with van der Waals surface area (Å²) >= 11 is 13.6. The van der Waals surface area contributed by atoms with Gasteiger partial charge in [0.05, 0.1) is 21.6 Å². The predicted octanol–water partition coefficient (Wildman–Crippen LogP) is 4.90. The van der Waals surface area contributed by atoms with Crippen LogP contribution in [0.5, 0.6) is 11.5 Å². The highest BCUT2D eigenvalue weighted by Gasteiger charge is 2.29. The van der Waals surface area contributed by atoms with Crippen molar-refractivity contribution >= 4 is 60.5 Å². The van der Waals surface area contributed by atoms with E-state index < -0.39 is 37.0 Å². The van der Waals surface area contributed by atoms with E-state index in [2.05, 4.69) is 20.6 Å². The van der Waals surface area contributed by atoms with E-state index in [1.807, 2.05) is 6.92 Å². The zero-order chi connectivity index (χ0) is 30.7. The number of hydrazine groups is 1. The van der Waals surface area contributed by atoms with Gasteiger partial charge >= 0.3 is 0 Å². The number of hydrogen-bond donors (Lipinski definition) is 5. The van der Waals surface area contributed by atoms with Gasteiger partial charge in [-0.25, -0.2) is 23.2 Å². The van der Waals surface area contributed by atoms with Crippen LogP contribution in [0.2, 0.25) is 10.0 Å². The first-order valence-corrected chi connectivity index (χ1v) is 16.5. The Labute approximate surface area is 255 Å². The lowest BCUT2D eigenvalue weighted by Crippen LogP contribution is -2.38. The number of aromatic nitrogens is 1. The first-order valence-electron chi connectivity index (χ1n) is 11.9. The molecular formula is C25H24Cl2FN5O6S3. The molecule has 1 aliphatic heterocycles. The number of halogens is 3. The number of hydrogen-bond acceptors (Lipinski definition) is 10. The molecule has 11 nitrogen and oxygen atoms in total. The Hall–Kier alpha value is -2.86. The minimum absolute atomic E-state index is 0.0529. The smallest absolute Gasteiger partial charge is 0.294 e. The van der Waals surface area contributed by atoms with Crippen molar-refractivity contribution in [2.45, 2.75) is 28.8 Å². The molecule has 3 aromatic carbocycles. The van der Waals surface area contributed by atoms with Crippen molar-refractivity contribution in [3.63, 3.8) is 0 Å². The number of aryl methyl sites for hydroxylation is 1. The summed E-state index contributed by atoms with van der Waals surface area (Å²) in [7, 11) is -8.25. The Morgan fingerprint density at radius 3 is 2.40 bits per heavy atom. The second-order valence-electron chi connectivity index (χ2n) is 8.92. The maximum atomic E-state index is 14.7. The highest BCUT2D eigenvalue weighted by Crippen LogP contribution is 2.38. The first kappa shape index (κ1) is 32.1. The van der Waals surface area contributed by atoms with Crippen LogP contribution in [0.1, 0.15) is 17.0 Å².